The molecular formula is C20H15BrClNO. The van der Waals surface area contributed by atoms with Crippen molar-refractivity contribution in [2.24, 2.45) is 4.99 Å². The van der Waals surface area contributed by atoms with Crippen LogP contribution in [0.15, 0.2) is 82.3 Å². The molecule has 0 fully saturated rings. The van der Waals surface area contributed by atoms with Crippen LogP contribution in [0.25, 0.3) is 0 Å². The lowest BCUT2D eigenvalue weighted by Gasteiger charge is -2.08. The van der Waals surface area contributed by atoms with Gasteiger partial charge in [0.15, 0.2) is 0 Å². The number of ether oxygens (including phenoxy) is 1. The molecular weight excluding hydrogens is 386 g/mol. The van der Waals surface area contributed by atoms with Gasteiger partial charge in [-0.25, -0.2) is 0 Å². The van der Waals surface area contributed by atoms with Gasteiger partial charge in [0.1, 0.15) is 12.4 Å². The summed E-state index contributed by atoms with van der Waals surface area (Å²) in [6.07, 6.45) is 1.79. The fourth-order valence-corrected chi connectivity index (χ4v) is 2.63. The van der Waals surface area contributed by atoms with Gasteiger partial charge in [0.25, 0.3) is 0 Å². The molecule has 0 saturated carbocycles. The number of nitrogens with zero attached hydrogens (tertiary/aromatic N) is 1. The molecule has 0 saturated heterocycles. The van der Waals surface area contributed by atoms with Gasteiger partial charge in [-0.1, -0.05) is 57.9 Å². The van der Waals surface area contributed by atoms with Crippen LogP contribution in [0.5, 0.6) is 5.75 Å². The molecule has 0 aliphatic rings. The highest BCUT2D eigenvalue weighted by Gasteiger charge is 2.03. The van der Waals surface area contributed by atoms with Gasteiger partial charge in [0.05, 0.1) is 10.7 Å². The molecule has 3 rings (SSSR count). The highest BCUT2D eigenvalue weighted by molar-refractivity contribution is 9.10. The first kappa shape index (κ1) is 16.7. The van der Waals surface area contributed by atoms with Crippen molar-refractivity contribution >= 4 is 39.4 Å². The third-order valence-corrected chi connectivity index (χ3v) is 4.21. The van der Waals surface area contributed by atoms with Gasteiger partial charge in [-0.15, -0.1) is 0 Å². The molecule has 0 aliphatic heterocycles. The van der Waals surface area contributed by atoms with E-state index in [9.17, 15) is 0 Å². The summed E-state index contributed by atoms with van der Waals surface area (Å²) in [6.45, 7) is 0.477. The van der Waals surface area contributed by atoms with E-state index in [-0.39, 0.29) is 0 Å². The zero-order chi connectivity index (χ0) is 16.8. The van der Waals surface area contributed by atoms with Crippen molar-refractivity contribution in [1.29, 1.82) is 0 Å². The molecule has 0 atom stereocenters. The zero-order valence-corrected chi connectivity index (χ0v) is 15.2. The van der Waals surface area contributed by atoms with Crippen LogP contribution in [-0.4, -0.2) is 6.21 Å². The minimum Gasteiger partial charge on any atom is -0.487 e. The van der Waals surface area contributed by atoms with Gasteiger partial charge in [-0.05, 0) is 53.6 Å². The van der Waals surface area contributed by atoms with Crippen LogP contribution in [-0.2, 0) is 6.61 Å². The summed E-state index contributed by atoms with van der Waals surface area (Å²) in [5.74, 6) is 0.663. The van der Waals surface area contributed by atoms with E-state index in [1.165, 1.54) is 0 Å². The maximum absolute atomic E-state index is 6.31. The summed E-state index contributed by atoms with van der Waals surface area (Å²) in [4.78, 5) is 4.42. The molecule has 0 aliphatic carbocycles. The summed E-state index contributed by atoms with van der Waals surface area (Å²) in [7, 11) is 0. The van der Waals surface area contributed by atoms with Crippen LogP contribution < -0.4 is 4.74 Å². The van der Waals surface area contributed by atoms with Gasteiger partial charge in [-0.3, -0.25) is 4.99 Å². The Hall–Kier alpha value is -2.10. The third-order valence-electron chi connectivity index (χ3n) is 3.38. The number of para-hydroxylation sites is 1. The minimum atomic E-state index is 0.477. The highest BCUT2D eigenvalue weighted by atomic mass is 79.9. The highest BCUT2D eigenvalue weighted by Crippen LogP contribution is 2.26. The Morgan fingerprint density at radius 1 is 0.958 bits per heavy atom. The van der Waals surface area contributed by atoms with Crippen molar-refractivity contribution in [2.75, 3.05) is 0 Å². The molecule has 0 N–H and O–H groups in total. The van der Waals surface area contributed by atoms with E-state index in [0.29, 0.717) is 17.4 Å². The molecule has 0 aromatic heterocycles. The number of halogens is 2. The van der Waals surface area contributed by atoms with Crippen LogP contribution in [0.1, 0.15) is 11.1 Å². The lowest BCUT2D eigenvalue weighted by Crippen LogP contribution is -1.96. The normalized spacial score (nSPS) is 10.9. The van der Waals surface area contributed by atoms with Gasteiger partial charge in [0, 0.05) is 10.7 Å². The second kappa shape index (κ2) is 8.13. The number of hydrogen-bond donors (Lipinski definition) is 0. The molecule has 3 aromatic carbocycles. The van der Waals surface area contributed by atoms with Crippen LogP contribution in [0, 0.1) is 0 Å². The van der Waals surface area contributed by atoms with Gasteiger partial charge < -0.3 is 4.74 Å². The van der Waals surface area contributed by atoms with Gasteiger partial charge in [-0.2, -0.15) is 0 Å². The van der Waals surface area contributed by atoms with Crippen molar-refractivity contribution in [2.45, 2.75) is 6.61 Å². The molecule has 0 spiro atoms. The predicted octanol–water partition coefficient (Wildman–Crippen LogP) is 6.43. The Labute approximate surface area is 154 Å². The smallest absolute Gasteiger partial charge is 0.138 e. The molecule has 0 unspecified atom stereocenters. The number of benzene rings is 3. The summed E-state index contributed by atoms with van der Waals surface area (Å²) in [5, 5.41) is 0.573. The Morgan fingerprint density at radius 3 is 2.42 bits per heavy atom. The fraction of sp³-hybridized carbons (Fsp3) is 0.0500. The van der Waals surface area contributed by atoms with E-state index >= 15 is 0 Å². The molecule has 0 bridgehead atoms. The third kappa shape index (κ3) is 4.70. The summed E-state index contributed by atoms with van der Waals surface area (Å²) >= 11 is 9.73. The Morgan fingerprint density at radius 2 is 1.71 bits per heavy atom. The molecule has 2 nitrogen and oxygen atoms in total. The van der Waals surface area contributed by atoms with Crippen molar-refractivity contribution in [3.05, 3.63) is 93.4 Å². The average molecular weight is 401 g/mol. The second-order valence-corrected chi connectivity index (χ2v) is 6.52. The molecule has 0 amide bonds. The number of hydrogen-bond acceptors (Lipinski definition) is 2. The first-order valence-electron chi connectivity index (χ1n) is 7.46. The predicted molar refractivity (Wildman–Crippen MR) is 104 cm³/mol. The Bertz CT molecular complexity index is 832. The maximum Gasteiger partial charge on any atom is 0.138 e. The van der Waals surface area contributed by atoms with Crippen LogP contribution in [0.4, 0.5) is 5.69 Å². The summed E-state index contributed by atoms with van der Waals surface area (Å²) in [5.41, 5.74) is 2.92. The lowest BCUT2D eigenvalue weighted by atomic mass is 10.2. The monoisotopic (exact) mass is 399 g/mol. The maximum atomic E-state index is 6.31. The van der Waals surface area contributed by atoms with Crippen molar-refractivity contribution in [3.8, 4) is 5.75 Å². The molecule has 3 aromatic rings. The van der Waals surface area contributed by atoms with Crippen molar-refractivity contribution in [3.63, 3.8) is 0 Å². The van der Waals surface area contributed by atoms with Crippen LogP contribution >= 0.6 is 27.5 Å². The minimum absolute atomic E-state index is 0.477. The SMILES string of the molecule is Clc1cc(C=Nc2ccccc2)ccc1OCc1ccc(Br)cc1. The standard InChI is InChI=1S/C20H15BrClNO/c21-17-9-6-15(7-10-17)14-24-20-11-8-16(12-19(20)22)13-23-18-4-2-1-3-5-18/h1-13H,14H2. The Kier molecular flexibility index (Phi) is 5.68. The van der Waals surface area contributed by atoms with Crippen molar-refractivity contribution < 1.29 is 4.74 Å². The zero-order valence-electron chi connectivity index (χ0n) is 12.8. The van der Waals surface area contributed by atoms with E-state index in [1.807, 2.05) is 72.8 Å². The van der Waals surface area contributed by atoms with E-state index in [2.05, 4.69) is 20.9 Å². The largest absolute Gasteiger partial charge is 0.487 e. The first-order valence-corrected chi connectivity index (χ1v) is 8.64. The lowest BCUT2D eigenvalue weighted by molar-refractivity contribution is 0.306. The van der Waals surface area contributed by atoms with Crippen LogP contribution in [0.2, 0.25) is 5.02 Å². The van der Waals surface area contributed by atoms with E-state index in [1.54, 1.807) is 6.21 Å². The molecule has 0 heterocycles. The molecule has 4 heteroatoms. The van der Waals surface area contributed by atoms with Gasteiger partial charge >= 0.3 is 0 Å². The number of rotatable bonds is 5. The summed E-state index contributed by atoms with van der Waals surface area (Å²) in [6, 6.07) is 23.4. The fourth-order valence-electron chi connectivity index (χ4n) is 2.12. The molecule has 120 valence electrons. The second-order valence-electron chi connectivity index (χ2n) is 5.20. The topological polar surface area (TPSA) is 21.6 Å². The Balaban J connectivity index is 1.66. The van der Waals surface area contributed by atoms with Gasteiger partial charge in [0.2, 0.25) is 0 Å². The van der Waals surface area contributed by atoms with E-state index in [4.69, 9.17) is 16.3 Å². The summed E-state index contributed by atoms with van der Waals surface area (Å²) < 4.78 is 6.84. The van der Waals surface area contributed by atoms with E-state index in [0.717, 1.165) is 21.3 Å². The van der Waals surface area contributed by atoms with E-state index < -0.39 is 0 Å². The molecule has 0 radical (unpaired) electrons. The average Bonchev–Trinajstić information content (AvgIpc) is 2.61. The van der Waals surface area contributed by atoms with Crippen molar-refractivity contribution in [1.82, 2.24) is 0 Å². The quantitative estimate of drug-likeness (QED) is 0.452. The molecule has 24 heavy (non-hydrogen) atoms. The van der Waals surface area contributed by atoms with Crippen LogP contribution in [0.3, 0.4) is 0 Å². The number of aliphatic imine (C=N–C) groups is 1. The first-order chi connectivity index (χ1) is 11.7.